The van der Waals surface area contributed by atoms with E-state index in [1.807, 2.05) is 0 Å². The molecule has 2 aromatic carbocycles. The molecular weight excluding hydrogens is 388 g/mol. The Balaban J connectivity index is 1.43. The van der Waals surface area contributed by atoms with Crippen LogP contribution in [0.2, 0.25) is 13.1 Å². The fourth-order valence-electron chi connectivity index (χ4n) is 8.86. The summed E-state index contributed by atoms with van der Waals surface area (Å²) in [6.45, 7) is 10.7. The molecule has 6 rings (SSSR count). The van der Waals surface area contributed by atoms with Gasteiger partial charge in [-0.3, -0.25) is 0 Å². The molecule has 0 nitrogen and oxygen atoms in total. The van der Waals surface area contributed by atoms with Gasteiger partial charge in [0.2, 0.25) is 0 Å². The van der Waals surface area contributed by atoms with Crippen molar-refractivity contribution in [2.75, 3.05) is 0 Å². The van der Waals surface area contributed by atoms with Crippen LogP contribution in [0.1, 0.15) is 95.1 Å². The first-order valence-corrected chi connectivity index (χ1v) is 16.4. The van der Waals surface area contributed by atoms with Crippen molar-refractivity contribution in [3.8, 4) is 0 Å². The topological polar surface area (TPSA) is 0 Å². The molecule has 4 aliphatic rings. The molecule has 2 aromatic rings. The van der Waals surface area contributed by atoms with Crippen LogP contribution in [0.15, 0.2) is 24.3 Å². The Bertz CT molecular complexity index is 948. The van der Waals surface area contributed by atoms with E-state index in [0.717, 1.165) is 22.9 Å². The highest BCUT2D eigenvalue weighted by Crippen LogP contribution is 2.55. The molecule has 4 unspecified atom stereocenters. The van der Waals surface area contributed by atoms with Crippen LogP contribution in [0.25, 0.3) is 0 Å². The summed E-state index contributed by atoms with van der Waals surface area (Å²) in [5.41, 5.74) is 15.7. The monoisotopic (exact) mass is 428 g/mol. The number of aryl methyl sites for hydroxylation is 2. The molecule has 4 aliphatic carbocycles. The van der Waals surface area contributed by atoms with Crippen molar-refractivity contribution in [1.82, 2.24) is 0 Å². The van der Waals surface area contributed by atoms with Gasteiger partial charge in [0.1, 0.15) is 0 Å². The van der Waals surface area contributed by atoms with Crippen LogP contribution < -0.4 is 0 Å². The smallest absolute Gasteiger partial charge is 0.0634 e. The van der Waals surface area contributed by atoms with E-state index in [2.05, 4.69) is 51.2 Å². The Morgan fingerprint density at radius 1 is 0.581 bits per heavy atom. The number of hydrogen-bond donors (Lipinski definition) is 0. The van der Waals surface area contributed by atoms with Crippen LogP contribution >= 0.6 is 0 Å². The summed E-state index contributed by atoms with van der Waals surface area (Å²) in [6, 6.07) is 10.3. The Morgan fingerprint density at radius 3 is 1.45 bits per heavy atom. The fourth-order valence-corrected chi connectivity index (χ4v) is 14.6. The lowest BCUT2D eigenvalue weighted by molar-refractivity contribution is 0.542. The van der Waals surface area contributed by atoms with Gasteiger partial charge in [0.15, 0.2) is 0 Å². The highest BCUT2D eigenvalue weighted by molar-refractivity contribution is 6.80. The molecule has 0 fully saturated rings. The molecule has 0 saturated heterocycles. The molecule has 0 spiro atoms. The lowest BCUT2D eigenvalue weighted by Gasteiger charge is -2.41. The van der Waals surface area contributed by atoms with Crippen molar-refractivity contribution >= 4 is 8.07 Å². The first kappa shape index (κ1) is 20.3. The standard InChI is InChI=1S/C30H40Si/c1-19-17-27-23-11-7-5-9-21(23)13-15-25(27)29(19)31(3,4)30-20(2)18-28-24-12-8-6-10-22(24)14-16-26(28)30/h13-16,19-20,29-30H,5-12,17-18H2,1-4H3. The molecular formula is C30H40Si. The maximum atomic E-state index is 2.76. The summed E-state index contributed by atoms with van der Waals surface area (Å²) in [7, 11) is -1.56. The maximum Gasteiger partial charge on any atom is 0.0634 e. The van der Waals surface area contributed by atoms with E-state index in [9.17, 15) is 0 Å². The van der Waals surface area contributed by atoms with E-state index in [4.69, 9.17) is 0 Å². The van der Waals surface area contributed by atoms with Crippen LogP contribution in [0.3, 0.4) is 0 Å². The minimum Gasteiger partial charge on any atom is -0.0684 e. The molecule has 0 aliphatic heterocycles. The highest BCUT2D eigenvalue weighted by Gasteiger charge is 2.51. The summed E-state index contributed by atoms with van der Waals surface area (Å²) < 4.78 is 0. The largest absolute Gasteiger partial charge is 0.0684 e. The highest BCUT2D eigenvalue weighted by atomic mass is 28.3. The number of fused-ring (bicyclic) bond motifs is 6. The van der Waals surface area contributed by atoms with Gasteiger partial charge in [-0.05, 0) is 132 Å². The molecule has 31 heavy (non-hydrogen) atoms. The lowest BCUT2D eigenvalue weighted by Crippen LogP contribution is -2.45. The van der Waals surface area contributed by atoms with Gasteiger partial charge >= 0.3 is 0 Å². The zero-order valence-electron chi connectivity index (χ0n) is 20.2. The molecule has 1 heteroatoms. The third-order valence-corrected chi connectivity index (χ3v) is 14.8. The van der Waals surface area contributed by atoms with E-state index in [1.165, 1.54) is 64.2 Å². The quantitative estimate of drug-likeness (QED) is 0.435. The maximum absolute atomic E-state index is 2.76. The summed E-state index contributed by atoms with van der Waals surface area (Å²) in [5.74, 6) is 1.64. The summed E-state index contributed by atoms with van der Waals surface area (Å²) in [5, 5.41) is 0. The molecule has 0 bridgehead atoms. The van der Waals surface area contributed by atoms with Crippen molar-refractivity contribution in [2.24, 2.45) is 11.8 Å². The van der Waals surface area contributed by atoms with Crippen LogP contribution in [0.4, 0.5) is 0 Å². The van der Waals surface area contributed by atoms with Crippen molar-refractivity contribution in [2.45, 2.75) is 102 Å². The van der Waals surface area contributed by atoms with E-state index in [0.29, 0.717) is 0 Å². The van der Waals surface area contributed by atoms with Crippen molar-refractivity contribution in [1.29, 1.82) is 0 Å². The SMILES string of the molecule is CC1Cc2c(ccc3c2CCCC3)C1[Si](C)(C)C1c2ccc3c(c2CC1C)CCCC3. The zero-order valence-corrected chi connectivity index (χ0v) is 21.2. The van der Waals surface area contributed by atoms with E-state index in [1.54, 1.807) is 44.5 Å². The summed E-state index contributed by atoms with van der Waals surface area (Å²) in [6.07, 6.45) is 13.6. The van der Waals surface area contributed by atoms with Gasteiger partial charge in [0.25, 0.3) is 0 Å². The lowest BCUT2D eigenvalue weighted by atomic mass is 9.86. The summed E-state index contributed by atoms with van der Waals surface area (Å²) >= 11 is 0. The zero-order chi connectivity index (χ0) is 21.3. The molecule has 0 radical (unpaired) electrons. The van der Waals surface area contributed by atoms with Crippen molar-refractivity contribution in [3.05, 3.63) is 68.8 Å². The van der Waals surface area contributed by atoms with E-state index >= 15 is 0 Å². The van der Waals surface area contributed by atoms with Gasteiger partial charge < -0.3 is 0 Å². The van der Waals surface area contributed by atoms with Crippen LogP contribution in [0, 0.1) is 11.8 Å². The minimum absolute atomic E-state index is 0.818. The first-order valence-electron chi connectivity index (χ1n) is 13.2. The molecule has 0 aromatic heterocycles. The van der Waals surface area contributed by atoms with Crippen LogP contribution in [0.5, 0.6) is 0 Å². The van der Waals surface area contributed by atoms with Gasteiger partial charge in [-0.1, -0.05) is 51.2 Å². The number of hydrogen-bond acceptors (Lipinski definition) is 0. The van der Waals surface area contributed by atoms with Gasteiger partial charge in [-0.2, -0.15) is 0 Å². The third-order valence-electron chi connectivity index (χ3n) is 9.84. The second kappa shape index (κ2) is 7.34. The van der Waals surface area contributed by atoms with Gasteiger partial charge in [-0.15, -0.1) is 0 Å². The van der Waals surface area contributed by atoms with E-state index in [-0.39, 0.29) is 0 Å². The van der Waals surface area contributed by atoms with Crippen LogP contribution in [-0.2, 0) is 38.5 Å². The molecule has 4 atom stereocenters. The number of rotatable bonds is 2. The molecule has 0 saturated carbocycles. The predicted molar refractivity (Wildman–Crippen MR) is 135 cm³/mol. The molecule has 0 heterocycles. The summed E-state index contributed by atoms with van der Waals surface area (Å²) in [4.78, 5) is 0. The normalized spacial score (nSPS) is 29.3. The Hall–Kier alpha value is -1.34. The van der Waals surface area contributed by atoms with E-state index < -0.39 is 8.07 Å². The minimum atomic E-state index is -1.56. The first-order chi connectivity index (χ1) is 15.0. The Kier molecular flexibility index (Phi) is 4.80. The van der Waals surface area contributed by atoms with Gasteiger partial charge in [0.05, 0.1) is 8.07 Å². The Labute approximate surface area is 190 Å². The molecule has 164 valence electrons. The third kappa shape index (κ3) is 2.98. The van der Waals surface area contributed by atoms with Gasteiger partial charge in [-0.25, -0.2) is 0 Å². The average Bonchev–Trinajstić information content (AvgIpc) is 3.30. The Morgan fingerprint density at radius 2 is 1.00 bits per heavy atom. The van der Waals surface area contributed by atoms with Crippen molar-refractivity contribution in [3.63, 3.8) is 0 Å². The predicted octanol–water partition coefficient (Wildman–Crippen LogP) is 7.48. The van der Waals surface area contributed by atoms with Crippen LogP contribution in [-0.4, -0.2) is 8.07 Å². The number of benzene rings is 2. The average molecular weight is 429 g/mol. The molecule has 0 amide bonds. The van der Waals surface area contributed by atoms with Gasteiger partial charge in [0, 0.05) is 0 Å². The van der Waals surface area contributed by atoms with Crippen molar-refractivity contribution < 1.29 is 0 Å². The second-order valence-corrected chi connectivity index (χ2v) is 17.0. The fraction of sp³-hybridized carbons (Fsp3) is 0.600. The second-order valence-electron chi connectivity index (χ2n) is 12.1. The molecule has 0 N–H and O–H groups in total.